The average molecular weight is 287 g/mol. The number of amidine groups is 1. The van der Waals surface area contributed by atoms with Crippen LogP contribution in [0.5, 0.6) is 0 Å². The van der Waals surface area contributed by atoms with Gasteiger partial charge in [0.1, 0.15) is 5.92 Å². The molecule has 21 heavy (non-hydrogen) atoms. The molecular weight excluding hydrogens is 270 g/mol. The zero-order valence-electron chi connectivity index (χ0n) is 11.6. The number of hydrogen-bond donors (Lipinski definition) is 3. The topological polar surface area (TPSA) is 106 Å². The zero-order valence-corrected chi connectivity index (χ0v) is 11.6. The van der Waals surface area contributed by atoms with Crippen LogP contribution in [-0.4, -0.2) is 26.7 Å². The number of aryl methyl sites for hydroxylation is 1. The van der Waals surface area contributed by atoms with E-state index in [2.05, 4.69) is 15.6 Å². The first kappa shape index (κ1) is 14.6. The molecule has 1 unspecified atom stereocenters. The van der Waals surface area contributed by atoms with Crippen molar-refractivity contribution < 1.29 is 10.0 Å². The Morgan fingerprint density at radius 2 is 2.19 bits per heavy atom. The first-order chi connectivity index (χ1) is 10.1. The first-order valence-electron chi connectivity index (χ1n) is 6.39. The molecule has 0 aliphatic rings. The highest BCUT2D eigenvalue weighted by molar-refractivity contribution is 6.07. The number of carbonyl (C=O) groups excluding carboxylic acids is 1. The van der Waals surface area contributed by atoms with E-state index in [9.17, 15) is 4.79 Å². The summed E-state index contributed by atoms with van der Waals surface area (Å²) in [6, 6.07) is 8.93. The van der Waals surface area contributed by atoms with Crippen molar-refractivity contribution in [1.29, 1.82) is 0 Å². The van der Waals surface area contributed by atoms with Crippen LogP contribution in [0.4, 0.5) is 0 Å². The Bertz CT molecular complexity index is 636. The molecule has 7 heteroatoms. The summed E-state index contributed by atoms with van der Waals surface area (Å²) in [5.74, 6) is -1.31. The number of benzene rings is 1. The number of oxime groups is 1. The van der Waals surface area contributed by atoms with E-state index in [0.29, 0.717) is 12.1 Å². The van der Waals surface area contributed by atoms with Gasteiger partial charge in [-0.1, -0.05) is 35.5 Å². The molecule has 1 amide bonds. The molecule has 1 aromatic carbocycles. The molecule has 0 spiro atoms. The molecule has 7 nitrogen and oxygen atoms in total. The van der Waals surface area contributed by atoms with E-state index < -0.39 is 5.92 Å². The molecule has 0 saturated heterocycles. The summed E-state index contributed by atoms with van der Waals surface area (Å²) < 4.78 is 1.65. The molecule has 0 saturated carbocycles. The standard InChI is InChI=1S/C14H17N5O2/c1-19-9-10(8-17-19)7-16-14(20)12(13(15)18-21)11-5-3-2-4-6-11/h2-6,8-9,12,21H,7H2,1H3,(H2,15,18)(H,16,20). The van der Waals surface area contributed by atoms with Gasteiger partial charge in [-0.2, -0.15) is 5.10 Å². The highest BCUT2D eigenvalue weighted by Gasteiger charge is 2.24. The first-order valence-corrected chi connectivity index (χ1v) is 6.39. The lowest BCUT2D eigenvalue weighted by molar-refractivity contribution is -0.121. The Morgan fingerprint density at radius 1 is 1.48 bits per heavy atom. The number of hydrogen-bond acceptors (Lipinski definition) is 4. The zero-order chi connectivity index (χ0) is 15.2. The van der Waals surface area contributed by atoms with E-state index in [-0.39, 0.29) is 11.7 Å². The second kappa shape index (κ2) is 6.56. The van der Waals surface area contributed by atoms with Gasteiger partial charge in [0.25, 0.3) is 0 Å². The lowest BCUT2D eigenvalue weighted by Gasteiger charge is -2.15. The van der Waals surface area contributed by atoms with Gasteiger partial charge in [-0.05, 0) is 5.56 Å². The molecule has 4 N–H and O–H groups in total. The van der Waals surface area contributed by atoms with Gasteiger partial charge in [-0.15, -0.1) is 0 Å². The summed E-state index contributed by atoms with van der Waals surface area (Å²) in [6.07, 6.45) is 3.47. The van der Waals surface area contributed by atoms with Crippen LogP contribution in [0, 0.1) is 0 Å². The summed E-state index contributed by atoms with van der Waals surface area (Å²) >= 11 is 0. The Balaban J connectivity index is 2.12. The predicted octanol–water partition coefficient (Wildman–Crippen LogP) is 0.567. The number of nitrogens with two attached hydrogens (primary N) is 1. The molecule has 0 radical (unpaired) electrons. The monoisotopic (exact) mass is 287 g/mol. The summed E-state index contributed by atoms with van der Waals surface area (Å²) in [4.78, 5) is 12.3. The Hall–Kier alpha value is -2.83. The number of aromatic nitrogens is 2. The molecule has 2 aromatic rings. The summed E-state index contributed by atoms with van der Waals surface area (Å²) in [5, 5.41) is 18.6. The van der Waals surface area contributed by atoms with E-state index in [1.165, 1.54) is 0 Å². The smallest absolute Gasteiger partial charge is 0.235 e. The molecule has 1 aromatic heterocycles. The number of rotatable bonds is 5. The highest BCUT2D eigenvalue weighted by Crippen LogP contribution is 2.16. The van der Waals surface area contributed by atoms with Gasteiger partial charge in [0.15, 0.2) is 5.84 Å². The Kier molecular flexibility index (Phi) is 4.55. The average Bonchev–Trinajstić information content (AvgIpc) is 2.92. The second-order valence-electron chi connectivity index (χ2n) is 4.61. The van der Waals surface area contributed by atoms with Crippen LogP contribution in [0.15, 0.2) is 47.9 Å². The third-order valence-electron chi connectivity index (χ3n) is 3.03. The SMILES string of the molecule is Cn1cc(CNC(=O)C(C(N)=NO)c2ccccc2)cn1. The van der Waals surface area contributed by atoms with Gasteiger partial charge in [-0.25, -0.2) is 0 Å². The molecule has 0 bridgehead atoms. The number of carbonyl (C=O) groups is 1. The minimum Gasteiger partial charge on any atom is -0.409 e. The van der Waals surface area contributed by atoms with Gasteiger partial charge in [0.2, 0.25) is 5.91 Å². The van der Waals surface area contributed by atoms with Crippen molar-refractivity contribution in [2.75, 3.05) is 0 Å². The maximum Gasteiger partial charge on any atom is 0.235 e. The third kappa shape index (κ3) is 3.59. The largest absolute Gasteiger partial charge is 0.409 e. The maximum atomic E-state index is 12.3. The second-order valence-corrected chi connectivity index (χ2v) is 4.61. The molecule has 0 fully saturated rings. The summed E-state index contributed by atoms with van der Waals surface area (Å²) in [7, 11) is 1.80. The van der Waals surface area contributed by atoms with Crippen molar-refractivity contribution in [2.45, 2.75) is 12.5 Å². The fourth-order valence-electron chi connectivity index (χ4n) is 2.01. The molecule has 0 aliphatic carbocycles. The van der Waals surface area contributed by atoms with Gasteiger partial charge < -0.3 is 16.3 Å². The minimum atomic E-state index is -0.826. The van der Waals surface area contributed by atoms with Crippen LogP contribution in [0.25, 0.3) is 0 Å². The lowest BCUT2D eigenvalue weighted by Crippen LogP contribution is -2.36. The molecule has 2 rings (SSSR count). The molecule has 1 heterocycles. The fraction of sp³-hybridized carbons (Fsp3) is 0.214. The Morgan fingerprint density at radius 3 is 2.76 bits per heavy atom. The van der Waals surface area contributed by atoms with Crippen LogP contribution < -0.4 is 11.1 Å². The molecular formula is C14H17N5O2. The van der Waals surface area contributed by atoms with Crippen LogP contribution in [0.2, 0.25) is 0 Å². The van der Waals surface area contributed by atoms with E-state index in [1.54, 1.807) is 48.4 Å². The van der Waals surface area contributed by atoms with Crippen molar-refractivity contribution in [1.82, 2.24) is 15.1 Å². The van der Waals surface area contributed by atoms with E-state index in [4.69, 9.17) is 10.9 Å². The van der Waals surface area contributed by atoms with E-state index in [0.717, 1.165) is 5.56 Å². The van der Waals surface area contributed by atoms with Crippen LogP contribution in [-0.2, 0) is 18.4 Å². The van der Waals surface area contributed by atoms with Crippen molar-refractivity contribution in [3.05, 3.63) is 53.9 Å². The van der Waals surface area contributed by atoms with Crippen molar-refractivity contribution in [3.8, 4) is 0 Å². The molecule has 1 atom stereocenters. The van der Waals surface area contributed by atoms with Crippen LogP contribution >= 0.6 is 0 Å². The summed E-state index contributed by atoms with van der Waals surface area (Å²) in [5.41, 5.74) is 7.18. The van der Waals surface area contributed by atoms with E-state index in [1.807, 2.05) is 6.07 Å². The highest BCUT2D eigenvalue weighted by atomic mass is 16.4. The molecule has 0 aliphatic heterocycles. The number of nitrogens with zero attached hydrogens (tertiary/aromatic N) is 3. The molecule has 110 valence electrons. The predicted molar refractivity (Wildman–Crippen MR) is 77.6 cm³/mol. The maximum absolute atomic E-state index is 12.3. The van der Waals surface area contributed by atoms with Crippen molar-refractivity contribution in [3.63, 3.8) is 0 Å². The van der Waals surface area contributed by atoms with Gasteiger partial charge in [-0.3, -0.25) is 9.48 Å². The quantitative estimate of drug-likeness (QED) is 0.323. The normalized spacial score (nSPS) is 12.9. The minimum absolute atomic E-state index is 0.148. The van der Waals surface area contributed by atoms with Crippen molar-refractivity contribution >= 4 is 11.7 Å². The fourth-order valence-corrected chi connectivity index (χ4v) is 2.01. The van der Waals surface area contributed by atoms with Gasteiger partial charge >= 0.3 is 0 Å². The number of nitrogens with one attached hydrogen (secondary N) is 1. The van der Waals surface area contributed by atoms with Gasteiger partial charge in [0, 0.05) is 25.4 Å². The summed E-state index contributed by atoms with van der Waals surface area (Å²) in [6.45, 7) is 0.328. The van der Waals surface area contributed by atoms with Crippen LogP contribution in [0.1, 0.15) is 17.0 Å². The number of amides is 1. The Labute approximate surface area is 122 Å². The van der Waals surface area contributed by atoms with E-state index >= 15 is 0 Å². The third-order valence-corrected chi connectivity index (χ3v) is 3.03. The van der Waals surface area contributed by atoms with Gasteiger partial charge in [0.05, 0.1) is 6.20 Å². The lowest BCUT2D eigenvalue weighted by atomic mass is 9.97. The van der Waals surface area contributed by atoms with Crippen LogP contribution in [0.3, 0.4) is 0 Å². The van der Waals surface area contributed by atoms with Crippen molar-refractivity contribution in [2.24, 2.45) is 17.9 Å².